The van der Waals surface area contributed by atoms with Crippen LogP contribution < -0.4 is 0 Å². The molecule has 1 aromatic rings. The number of hydrogen-bond acceptors (Lipinski definition) is 4. The molecule has 4 nitrogen and oxygen atoms in total. The summed E-state index contributed by atoms with van der Waals surface area (Å²) < 4.78 is 7.27. The van der Waals surface area contributed by atoms with Crippen LogP contribution in [0.25, 0.3) is 0 Å². The summed E-state index contributed by atoms with van der Waals surface area (Å²) in [6, 6.07) is 0. The third-order valence-electron chi connectivity index (χ3n) is 3.21. The summed E-state index contributed by atoms with van der Waals surface area (Å²) in [6.45, 7) is 8.97. The van der Waals surface area contributed by atoms with Gasteiger partial charge in [0, 0.05) is 24.2 Å². The monoisotopic (exact) mass is 345 g/mol. The van der Waals surface area contributed by atoms with Crippen molar-refractivity contribution in [2.75, 3.05) is 26.7 Å². The van der Waals surface area contributed by atoms with Crippen molar-refractivity contribution in [3.05, 3.63) is 20.6 Å². The normalized spacial score (nSPS) is 21.6. The molecule has 0 spiro atoms. The second-order valence-corrected chi connectivity index (χ2v) is 7.17. The number of H-pyrrole nitrogens is 1. The lowest BCUT2D eigenvalue weighted by Crippen LogP contribution is -2.36. The Balaban J connectivity index is 2.42. The SMILES string of the molecule is CN1CCOC(c2nc(=S)c(Br)c(C(C)(C)C)[nH]2)C1. The number of likely N-dealkylation sites (N-methyl/N-ethyl adjacent to an activating group) is 1. The van der Waals surface area contributed by atoms with Gasteiger partial charge in [0.05, 0.1) is 11.1 Å². The largest absolute Gasteiger partial charge is 0.368 e. The van der Waals surface area contributed by atoms with Crippen LogP contribution in [0.1, 0.15) is 38.4 Å². The molecule has 1 aliphatic heterocycles. The van der Waals surface area contributed by atoms with Crippen LogP contribution in [0.4, 0.5) is 0 Å². The van der Waals surface area contributed by atoms with Crippen molar-refractivity contribution in [1.82, 2.24) is 14.9 Å². The van der Waals surface area contributed by atoms with Crippen LogP contribution in [0.2, 0.25) is 0 Å². The summed E-state index contributed by atoms with van der Waals surface area (Å²) in [4.78, 5) is 10.1. The molecule has 1 aromatic heterocycles. The van der Waals surface area contributed by atoms with Crippen LogP contribution in [0.3, 0.4) is 0 Å². The summed E-state index contributed by atoms with van der Waals surface area (Å²) in [5, 5.41) is 0. The molecule has 1 aliphatic rings. The molecule has 0 bridgehead atoms. The van der Waals surface area contributed by atoms with Crippen molar-refractivity contribution < 1.29 is 4.74 Å². The van der Waals surface area contributed by atoms with Crippen LogP contribution >= 0.6 is 28.1 Å². The highest BCUT2D eigenvalue weighted by Crippen LogP contribution is 2.30. The Morgan fingerprint density at radius 2 is 2.16 bits per heavy atom. The van der Waals surface area contributed by atoms with Crippen molar-refractivity contribution in [1.29, 1.82) is 0 Å². The van der Waals surface area contributed by atoms with Gasteiger partial charge in [-0.3, -0.25) is 0 Å². The first-order chi connectivity index (χ1) is 8.79. The Hall–Kier alpha value is -0.300. The maximum Gasteiger partial charge on any atom is 0.144 e. The minimum Gasteiger partial charge on any atom is -0.368 e. The summed E-state index contributed by atoms with van der Waals surface area (Å²) >= 11 is 8.89. The van der Waals surface area contributed by atoms with E-state index >= 15 is 0 Å². The molecular weight excluding hydrogens is 326 g/mol. The fourth-order valence-electron chi connectivity index (χ4n) is 2.09. The van der Waals surface area contributed by atoms with E-state index < -0.39 is 0 Å². The number of aromatic amines is 1. The van der Waals surface area contributed by atoms with Crippen molar-refractivity contribution in [3.8, 4) is 0 Å². The van der Waals surface area contributed by atoms with Gasteiger partial charge >= 0.3 is 0 Å². The van der Waals surface area contributed by atoms with E-state index in [-0.39, 0.29) is 11.5 Å². The highest BCUT2D eigenvalue weighted by Gasteiger charge is 2.25. The van der Waals surface area contributed by atoms with Crippen LogP contribution in [0.5, 0.6) is 0 Å². The predicted molar refractivity (Wildman–Crippen MR) is 82.0 cm³/mol. The fourth-order valence-corrected chi connectivity index (χ4v) is 3.07. The van der Waals surface area contributed by atoms with Gasteiger partial charge in [-0.25, -0.2) is 4.98 Å². The van der Waals surface area contributed by atoms with Gasteiger partial charge in [0.15, 0.2) is 0 Å². The Bertz CT molecular complexity index is 524. The van der Waals surface area contributed by atoms with Gasteiger partial charge in [-0.05, 0) is 23.0 Å². The molecule has 2 rings (SSSR count). The van der Waals surface area contributed by atoms with E-state index in [4.69, 9.17) is 17.0 Å². The van der Waals surface area contributed by atoms with E-state index in [1.165, 1.54) is 0 Å². The Kier molecular flexibility index (Phi) is 4.45. The summed E-state index contributed by atoms with van der Waals surface area (Å²) in [7, 11) is 2.09. The molecule has 0 amide bonds. The van der Waals surface area contributed by atoms with Crippen molar-refractivity contribution in [2.24, 2.45) is 0 Å². The minimum absolute atomic E-state index is 0.0232. The third-order valence-corrected chi connectivity index (χ3v) is 4.54. The topological polar surface area (TPSA) is 41.1 Å². The van der Waals surface area contributed by atoms with E-state index in [0.29, 0.717) is 4.64 Å². The second-order valence-electron chi connectivity index (χ2n) is 5.99. The molecule has 1 atom stereocenters. The van der Waals surface area contributed by atoms with Gasteiger partial charge in [0.25, 0.3) is 0 Å². The molecule has 0 aliphatic carbocycles. The molecule has 2 heterocycles. The minimum atomic E-state index is -0.0327. The van der Waals surface area contributed by atoms with Gasteiger partial charge in [0.1, 0.15) is 16.6 Å². The molecule has 1 fully saturated rings. The Morgan fingerprint density at radius 3 is 2.74 bits per heavy atom. The van der Waals surface area contributed by atoms with Gasteiger partial charge in [-0.2, -0.15) is 0 Å². The van der Waals surface area contributed by atoms with Crippen LogP contribution in [0.15, 0.2) is 4.47 Å². The predicted octanol–water partition coefficient (Wildman–Crippen LogP) is 3.20. The fraction of sp³-hybridized carbons (Fsp3) is 0.692. The molecule has 1 unspecified atom stereocenters. The number of hydrogen-bond donors (Lipinski definition) is 1. The zero-order chi connectivity index (χ0) is 14.2. The average Bonchev–Trinajstić information content (AvgIpc) is 2.31. The molecule has 6 heteroatoms. The van der Waals surface area contributed by atoms with Crippen LogP contribution in [-0.2, 0) is 10.2 Å². The maximum atomic E-state index is 5.80. The molecule has 106 valence electrons. The number of halogens is 1. The number of ether oxygens (including phenoxy) is 1. The maximum absolute atomic E-state index is 5.80. The molecule has 0 saturated carbocycles. The highest BCUT2D eigenvalue weighted by atomic mass is 79.9. The lowest BCUT2D eigenvalue weighted by atomic mass is 9.92. The zero-order valence-electron chi connectivity index (χ0n) is 11.8. The first-order valence-electron chi connectivity index (χ1n) is 6.39. The standard InChI is InChI=1S/C13H20BrN3OS/c1-13(2,3)10-9(14)12(19)16-11(15-10)8-7-17(4)5-6-18-8/h8H,5-7H2,1-4H3,(H,15,16,19). The van der Waals surface area contributed by atoms with Gasteiger partial charge in [-0.1, -0.05) is 33.0 Å². The van der Waals surface area contributed by atoms with Crippen molar-refractivity contribution >= 4 is 28.1 Å². The summed E-state index contributed by atoms with van der Waals surface area (Å²) in [6.07, 6.45) is -0.0327. The number of nitrogens with one attached hydrogen (secondary N) is 1. The van der Waals surface area contributed by atoms with E-state index in [0.717, 1.165) is 35.7 Å². The highest BCUT2D eigenvalue weighted by molar-refractivity contribution is 9.10. The van der Waals surface area contributed by atoms with Gasteiger partial charge < -0.3 is 14.6 Å². The van der Waals surface area contributed by atoms with E-state index in [9.17, 15) is 0 Å². The average molecular weight is 346 g/mol. The summed E-state index contributed by atoms with van der Waals surface area (Å²) in [5.41, 5.74) is 1.05. The molecule has 1 N–H and O–H groups in total. The Morgan fingerprint density at radius 1 is 1.47 bits per heavy atom. The van der Waals surface area contributed by atoms with E-state index in [1.807, 2.05) is 0 Å². The zero-order valence-corrected chi connectivity index (χ0v) is 14.2. The van der Waals surface area contributed by atoms with Gasteiger partial charge in [0.2, 0.25) is 0 Å². The molecule has 1 saturated heterocycles. The number of nitrogens with zero attached hydrogens (tertiary/aromatic N) is 2. The van der Waals surface area contributed by atoms with Crippen molar-refractivity contribution in [2.45, 2.75) is 32.3 Å². The third kappa shape index (κ3) is 3.42. The molecule has 19 heavy (non-hydrogen) atoms. The van der Waals surface area contributed by atoms with Crippen LogP contribution in [0, 0.1) is 4.64 Å². The smallest absolute Gasteiger partial charge is 0.144 e. The van der Waals surface area contributed by atoms with E-state index in [1.54, 1.807) is 0 Å². The van der Waals surface area contributed by atoms with Crippen LogP contribution in [-0.4, -0.2) is 41.6 Å². The van der Waals surface area contributed by atoms with E-state index in [2.05, 4.69) is 58.6 Å². The Labute approximate surface area is 127 Å². The lowest BCUT2D eigenvalue weighted by Gasteiger charge is -2.30. The number of rotatable bonds is 1. The summed E-state index contributed by atoms with van der Waals surface area (Å²) in [5.74, 6) is 0.824. The first kappa shape index (κ1) is 15.1. The first-order valence-corrected chi connectivity index (χ1v) is 7.59. The molecule has 0 aromatic carbocycles. The van der Waals surface area contributed by atoms with Gasteiger partial charge in [-0.15, -0.1) is 0 Å². The second kappa shape index (κ2) is 5.60. The number of morpholine rings is 1. The number of aromatic nitrogens is 2. The molecular formula is C13H20BrN3OS. The quantitative estimate of drug-likeness (QED) is 0.793. The molecule has 0 radical (unpaired) electrons. The van der Waals surface area contributed by atoms with Crippen molar-refractivity contribution in [3.63, 3.8) is 0 Å². The lowest BCUT2D eigenvalue weighted by molar-refractivity contribution is -0.0257.